The first-order chi connectivity index (χ1) is 23.1. The third-order valence-electron chi connectivity index (χ3n) is 8.51. The predicted octanol–water partition coefficient (Wildman–Crippen LogP) is 1.10. The van der Waals surface area contributed by atoms with Gasteiger partial charge in [0.15, 0.2) is 22.3 Å². The summed E-state index contributed by atoms with van der Waals surface area (Å²) < 4.78 is 0.455. The number of carbonyl (C=O) groups excluding carboxylic acids is 3. The number of phenolic OH excluding ortho intramolecular Hbond substituents is 2. The number of benzene rings is 1. The van der Waals surface area contributed by atoms with Gasteiger partial charge in [-0.05, 0) is 26.0 Å². The molecule has 3 amide bonds. The Morgan fingerprint density at radius 3 is 2.49 bits per heavy atom. The predicted molar refractivity (Wildman–Crippen MR) is 178 cm³/mol. The van der Waals surface area contributed by atoms with Crippen molar-refractivity contribution in [1.29, 1.82) is 0 Å². The number of aromatic nitrogens is 1. The number of hydrogen-bond donors (Lipinski definition) is 7. The van der Waals surface area contributed by atoms with E-state index in [1.165, 1.54) is 49.2 Å². The van der Waals surface area contributed by atoms with Crippen LogP contribution in [-0.2, 0) is 28.8 Å². The van der Waals surface area contributed by atoms with Gasteiger partial charge in [-0.25, -0.2) is 14.6 Å². The summed E-state index contributed by atoms with van der Waals surface area (Å²) >= 11 is 2.30. The number of fused-ring (bicyclic) bond motifs is 1. The molecular formula is C30H36N7O10S2+. The van der Waals surface area contributed by atoms with Gasteiger partial charge in [0, 0.05) is 41.3 Å². The molecule has 2 fully saturated rings. The molecule has 17 nitrogen and oxygen atoms in total. The molecule has 0 unspecified atom stereocenters. The fourth-order valence-electron chi connectivity index (χ4n) is 5.85. The zero-order valence-corrected chi connectivity index (χ0v) is 28.2. The lowest BCUT2D eigenvalue weighted by atomic mass is 10.0. The van der Waals surface area contributed by atoms with Crippen LogP contribution in [0.15, 0.2) is 40.0 Å². The molecule has 0 saturated carbocycles. The third-order valence-corrected chi connectivity index (χ3v) is 10.5. The molecule has 4 heterocycles. The number of nitrogens with zero attached hydrogens (tertiary/aromatic N) is 4. The van der Waals surface area contributed by atoms with Gasteiger partial charge in [0.1, 0.15) is 29.4 Å². The molecule has 5 rings (SSSR count). The summed E-state index contributed by atoms with van der Waals surface area (Å²) in [6.45, 7) is 4.63. The van der Waals surface area contributed by atoms with E-state index in [2.05, 4.69) is 20.8 Å². The molecule has 49 heavy (non-hydrogen) atoms. The van der Waals surface area contributed by atoms with Crippen LogP contribution < -0.4 is 16.4 Å². The molecular weight excluding hydrogens is 683 g/mol. The number of β-lactam (4-membered cyclic amide) rings is 1. The summed E-state index contributed by atoms with van der Waals surface area (Å²) in [5, 5.41) is 48.7. The smallest absolute Gasteiger partial charge is 0.352 e. The lowest BCUT2D eigenvalue weighted by Gasteiger charge is -2.50. The van der Waals surface area contributed by atoms with Gasteiger partial charge in [-0.2, -0.15) is 0 Å². The van der Waals surface area contributed by atoms with E-state index >= 15 is 0 Å². The van der Waals surface area contributed by atoms with E-state index in [-0.39, 0.29) is 46.1 Å². The van der Waals surface area contributed by atoms with Gasteiger partial charge < -0.3 is 46.1 Å². The highest BCUT2D eigenvalue weighted by molar-refractivity contribution is 8.00. The van der Waals surface area contributed by atoms with Gasteiger partial charge in [0.25, 0.3) is 11.8 Å². The highest BCUT2D eigenvalue weighted by atomic mass is 32.2. The van der Waals surface area contributed by atoms with Crippen molar-refractivity contribution in [3.63, 3.8) is 0 Å². The monoisotopic (exact) mass is 718 g/mol. The average molecular weight is 719 g/mol. The van der Waals surface area contributed by atoms with Gasteiger partial charge in [-0.3, -0.25) is 19.3 Å². The molecule has 262 valence electrons. The molecule has 0 bridgehead atoms. The van der Waals surface area contributed by atoms with E-state index in [9.17, 15) is 44.4 Å². The number of phenols is 2. The summed E-state index contributed by atoms with van der Waals surface area (Å²) in [5.41, 5.74) is 4.24. The minimum absolute atomic E-state index is 0.00375. The maximum Gasteiger partial charge on any atom is 0.352 e. The van der Waals surface area contributed by atoms with Crippen LogP contribution in [0, 0.1) is 0 Å². The molecule has 0 radical (unpaired) electrons. The van der Waals surface area contributed by atoms with Crippen LogP contribution in [0.5, 0.6) is 11.5 Å². The van der Waals surface area contributed by atoms with Crippen molar-refractivity contribution in [2.75, 3.05) is 43.0 Å². The summed E-state index contributed by atoms with van der Waals surface area (Å²) in [6, 6.07) is 2.86. The molecule has 3 aliphatic rings. The number of thioether (sulfide) groups is 1. The number of nitrogen functional groups attached to an aromatic ring is 1. The first kappa shape index (κ1) is 35.4. The van der Waals surface area contributed by atoms with Crippen molar-refractivity contribution < 1.29 is 53.7 Å². The maximum atomic E-state index is 13.4. The molecule has 19 heteroatoms. The lowest BCUT2D eigenvalue weighted by molar-refractivity contribution is -0.911. The second kappa shape index (κ2) is 13.9. The van der Waals surface area contributed by atoms with Crippen molar-refractivity contribution >= 4 is 69.3 Å². The Hall–Kier alpha value is -4.88. The Balaban J connectivity index is 1.29. The minimum Gasteiger partial charge on any atom is -0.504 e. The van der Waals surface area contributed by atoms with E-state index in [1.807, 2.05) is 0 Å². The van der Waals surface area contributed by atoms with E-state index in [4.69, 9.17) is 10.6 Å². The zero-order chi connectivity index (χ0) is 35.7. The number of amides is 3. The number of hydrogen-bond acceptors (Lipinski definition) is 13. The molecule has 2 saturated heterocycles. The van der Waals surface area contributed by atoms with Gasteiger partial charge in [-0.15, -0.1) is 23.1 Å². The number of anilines is 2. The fourth-order valence-corrected chi connectivity index (χ4v) is 7.73. The summed E-state index contributed by atoms with van der Waals surface area (Å²) in [4.78, 5) is 74.0. The van der Waals surface area contributed by atoms with Gasteiger partial charge in [0.05, 0.1) is 26.1 Å². The van der Waals surface area contributed by atoms with Crippen molar-refractivity contribution in [1.82, 2.24) is 15.2 Å². The van der Waals surface area contributed by atoms with E-state index in [0.29, 0.717) is 41.9 Å². The number of carboxylic acid groups (broad SMARTS) is 2. The fraction of sp³-hybridized carbons (Fsp3) is 0.433. The Kier molecular flexibility index (Phi) is 10.1. The summed E-state index contributed by atoms with van der Waals surface area (Å²) in [7, 11) is 0. The van der Waals surface area contributed by atoms with Gasteiger partial charge in [-0.1, -0.05) is 5.16 Å². The first-order valence-electron chi connectivity index (χ1n) is 15.2. The Morgan fingerprint density at radius 2 is 1.88 bits per heavy atom. The second-order valence-electron chi connectivity index (χ2n) is 12.4. The Morgan fingerprint density at radius 1 is 1.16 bits per heavy atom. The van der Waals surface area contributed by atoms with Crippen LogP contribution in [0.4, 0.5) is 10.8 Å². The molecule has 2 aromatic rings. The van der Waals surface area contributed by atoms with Crippen LogP contribution in [0.3, 0.4) is 0 Å². The molecule has 1 aromatic heterocycles. The molecule has 8 N–H and O–H groups in total. The first-order valence-corrected chi connectivity index (χ1v) is 17.1. The maximum absolute atomic E-state index is 13.4. The van der Waals surface area contributed by atoms with Crippen LogP contribution in [0.2, 0.25) is 0 Å². The number of likely N-dealkylation sites (tertiary alicyclic amines) is 1. The number of aliphatic carboxylic acids is 2. The van der Waals surface area contributed by atoms with E-state index in [0.717, 1.165) is 29.1 Å². The van der Waals surface area contributed by atoms with Crippen molar-refractivity contribution in [2.45, 2.75) is 50.1 Å². The van der Waals surface area contributed by atoms with Crippen LogP contribution in [0.25, 0.3) is 0 Å². The minimum atomic E-state index is -1.79. The average Bonchev–Trinajstić information content (AvgIpc) is 3.69. The molecule has 0 aliphatic carbocycles. The third kappa shape index (κ3) is 7.57. The quantitative estimate of drug-likeness (QED) is 0.0383. The number of rotatable bonds is 13. The number of quaternary nitrogens is 1. The SMILES string of the molecule is CC(C)(O/N=C(\C(=O)N[C@@H]1C(=O)N2C(C(=O)O)=C(C[N+]3(CCC(=O)Nc4ccc(O)c(O)c4)CCCC3)CS[C@H]12)c1csc(N)n1)C(=O)O. The van der Waals surface area contributed by atoms with Crippen molar-refractivity contribution in [3.05, 3.63) is 40.5 Å². The van der Waals surface area contributed by atoms with E-state index < -0.39 is 46.5 Å². The molecule has 1 aromatic carbocycles. The zero-order valence-electron chi connectivity index (χ0n) is 26.5. The van der Waals surface area contributed by atoms with Crippen molar-refractivity contribution in [3.8, 4) is 11.5 Å². The van der Waals surface area contributed by atoms with Gasteiger partial charge in [0.2, 0.25) is 11.5 Å². The van der Waals surface area contributed by atoms with Crippen LogP contribution in [0.1, 0.15) is 38.8 Å². The molecule has 3 aliphatic heterocycles. The summed E-state index contributed by atoms with van der Waals surface area (Å²) in [5.74, 6) is -4.87. The largest absolute Gasteiger partial charge is 0.504 e. The van der Waals surface area contributed by atoms with Crippen LogP contribution >= 0.6 is 23.1 Å². The Bertz CT molecular complexity index is 1750. The van der Waals surface area contributed by atoms with E-state index in [1.54, 1.807) is 0 Å². The molecule has 0 spiro atoms. The lowest BCUT2D eigenvalue weighted by Crippen LogP contribution is -2.71. The highest BCUT2D eigenvalue weighted by Gasteiger charge is 2.55. The number of thiazole rings is 1. The number of oxime groups is 1. The molecule has 2 atom stereocenters. The standard InChI is InChI=1S/C30H35N7O10S2/c1-30(2,28(45)46)47-35-21(17-14-49-29(31)33-17)24(41)34-22-25(42)36-23(27(43)44)15(13-48-26(22)36)12-37(8-3-4-9-37)10-7-20(40)32-16-5-6-18(38)19(39)11-16/h5-6,11,14,22,26H,3-4,7-10,12-13H2,1-2H3,(H7-,31,32,33,34,35,38,39,40,41,43,44,45,46)/p+1/t22-,26-/m1/s1. The number of nitrogens with one attached hydrogen (secondary N) is 2. The van der Waals surface area contributed by atoms with Crippen molar-refractivity contribution in [2.24, 2.45) is 5.16 Å². The topological polar surface area (TPSA) is 254 Å². The van der Waals surface area contributed by atoms with Crippen LogP contribution in [-0.4, -0.2) is 119 Å². The van der Waals surface area contributed by atoms with Gasteiger partial charge >= 0.3 is 11.9 Å². The number of carboxylic acids is 2. The summed E-state index contributed by atoms with van der Waals surface area (Å²) in [6.07, 6.45) is 1.89. The Labute approximate surface area is 288 Å². The normalized spacial score (nSPS) is 20.3. The number of aromatic hydroxyl groups is 2. The second-order valence-corrected chi connectivity index (χ2v) is 14.4. The highest BCUT2D eigenvalue weighted by Crippen LogP contribution is 2.41. The number of carbonyl (C=O) groups is 5. The number of nitrogens with two attached hydrogens (primary N) is 1.